The van der Waals surface area contributed by atoms with Crippen molar-refractivity contribution in [1.82, 2.24) is 14.7 Å². The first-order valence-corrected chi connectivity index (χ1v) is 8.13. The minimum atomic E-state index is -3.50. The molecule has 0 bridgehead atoms. The molecule has 0 saturated heterocycles. The summed E-state index contributed by atoms with van der Waals surface area (Å²) in [5.41, 5.74) is 0.864. The SMILES string of the molecule is COC(=O)C1CCCC1S(=O)(=O)NCCc1cnc[nH]1. The number of esters is 1. The highest BCUT2D eigenvalue weighted by Gasteiger charge is 2.41. The molecule has 2 atom stereocenters. The van der Waals surface area contributed by atoms with Gasteiger partial charge in [-0.05, 0) is 12.8 Å². The monoisotopic (exact) mass is 301 g/mol. The van der Waals surface area contributed by atoms with E-state index < -0.39 is 27.2 Å². The van der Waals surface area contributed by atoms with E-state index in [9.17, 15) is 13.2 Å². The van der Waals surface area contributed by atoms with Gasteiger partial charge in [-0.15, -0.1) is 0 Å². The number of nitrogens with zero attached hydrogens (tertiary/aromatic N) is 1. The second kappa shape index (κ2) is 6.36. The number of methoxy groups -OCH3 is 1. The molecule has 8 heteroatoms. The molecular formula is C12H19N3O4S. The molecule has 0 amide bonds. The van der Waals surface area contributed by atoms with Crippen LogP contribution in [0.5, 0.6) is 0 Å². The van der Waals surface area contributed by atoms with Crippen molar-refractivity contribution in [2.24, 2.45) is 5.92 Å². The Morgan fingerprint density at radius 3 is 3.00 bits per heavy atom. The molecule has 1 fully saturated rings. The topological polar surface area (TPSA) is 101 Å². The Balaban J connectivity index is 1.93. The fourth-order valence-electron chi connectivity index (χ4n) is 2.57. The van der Waals surface area contributed by atoms with Gasteiger partial charge < -0.3 is 9.72 Å². The van der Waals surface area contributed by atoms with Crippen LogP contribution >= 0.6 is 0 Å². The van der Waals surface area contributed by atoms with E-state index in [1.165, 1.54) is 7.11 Å². The number of nitrogens with one attached hydrogen (secondary N) is 2. The number of rotatable bonds is 6. The lowest BCUT2D eigenvalue weighted by Crippen LogP contribution is -2.40. The molecular weight excluding hydrogens is 282 g/mol. The summed E-state index contributed by atoms with van der Waals surface area (Å²) in [6.07, 6.45) is 5.54. The highest BCUT2D eigenvalue weighted by atomic mass is 32.2. The van der Waals surface area contributed by atoms with Crippen LogP contribution in [0.3, 0.4) is 0 Å². The maximum atomic E-state index is 12.2. The molecule has 7 nitrogen and oxygen atoms in total. The van der Waals surface area contributed by atoms with Crippen LogP contribution in [0, 0.1) is 5.92 Å². The molecule has 2 unspecified atom stereocenters. The lowest BCUT2D eigenvalue weighted by atomic mass is 10.1. The number of sulfonamides is 1. The minimum absolute atomic E-state index is 0.287. The Labute approximate surface area is 118 Å². The van der Waals surface area contributed by atoms with Gasteiger partial charge in [-0.25, -0.2) is 18.1 Å². The van der Waals surface area contributed by atoms with Crippen LogP contribution in [0.1, 0.15) is 25.0 Å². The number of aromatic nitrogens is 2. The van der Waals surface area contributed by atoms with Crippen molar-refractivity contribution in [2.45, 2.75) is 30.9 Å². The predicted molar refractivity (Wildman–Crippen MR) is 72.4 cm³/mol. The van der Waals surface area contributed by atoms with Crippen LogP contribution in [0.4, 0.5) is 0 Å². The molecule has 0 aliphatic heterocycles. The molecule has 1 saturated carbocycles. The Morgan fingerprint density at radius 1 is 1.55 bits per heavy atom. The number of hydrogen-bond acceptors (Lipinski definition) is 5. The molecule has 0 aromatic carbocycles. The number of imidazole rings is 1. The molecule has 1 aliphatic rings. The summed E-state index contributed by atoms with van der Waals surface area (Å²) < 4.78 is 31.7. The number of carbonyl (C=O) groups excluding carboxylic acids is 1. The summed E-state index contributed by atoms with van der Waals surface area (Å²) in [4.78, 5) is 18.4. The quantitative estimate of drug-likeness (QED) is 0.732. The molecule has 2 rings (SSSR count). The second-order valence-corrected chi connectivity index (χ2v) is 6.85. The molecule has 20 heavy (non-hydrogen) atoms. The van der Waals surface area contributed by atoms with Crippen LogP contribution < -0.4 is 4.72 Å². The average Bonchev–Trinajstić information content (AvgIpc) is 3.08. The van der Waals surface area contributed by atoms with E-state index in [1.807, 2.05) is 0 Å². The van der Waals surface area contributed by atoms with Gasteiger partial charge >= 0.3 is 5.97 Å². The summed E-state index contributed by atoms with van der Waals surface area (Å²) in [7, 11) is -2.21. The van der Waals surface area contributed by atoms with Crippen LogP contribution in [0.15, 0.2) is 12.5 Å². The molecule has 112 valence electrons. The largest absolute Gasteiger partial charge is 0.469 e. The van der Waals surface area contributed by atoms with E-state index in [0.717, 1.165) is 12.1 Å². The summed E-state index contributed by atoms with van der Waals surface area (Å²) in [6.45, 7) is 0.287. The van der Waals surface area contributed by atoms with E-state index in [4.69, 9.17) is 0 Å². The summed E-state index contributed by atoms with van der Waals surface area (Å²) >= 11 is 0. The lowest BCUT2D eigenvalue weighted by molar-refractivity contribution is -0.145. The normalized spacial score (nSPS) is 22.9. The van der Waals surface area contributed by atoms with Crippen molar-refractivity contribution in [3.63, 3.8) is 0 Å². The lowest BCUT2D eigenvalue weighted by Gasteiger charge is -2.18. The van der Waals surface area contributed by atoms with Crippen LogP contribution in [0.2, 0.25) is 0 Å². The van der Waals surface area contributed by atoms with Crippen molar-refractivity contribution in [3.05, 3.63) is 18.2 Å². The fourth-order valence-corrected chi connectivity index (χ4v) is 4.33. The highest BCUT2D eigenvalue weighted by molar-refractivity contribution is 7.90. The zero-order valence-corrected chi connectivity index (χ0v) is 12.1. The van der Waals surface area contributed by atoms with E-state index >= 15 is 0 Å². The Bertz CT molecular complexity index is 541. The van der Waals surface area contributed by atoms with E-state index in [1.54, 1.807) is 12.5 Å². The third-order valence-corrected chi connectivity index (χ3v) is 5.58. The maximum Gasteiger partial charge on any atom is 0.310 e. The first-order chi connectivity index (χ1) is 9.54. The molecule has 2 N–H and O–H groups in total. The number of ether oxygens (including phenoxy) is 1. The number of hydrogen-bond donors (Lipinski definition) is 2. The van der Waals surface area contributed by atoms with Gasteiger partial charge in [-0.2, -0.15) is 0 Å². The Morgan fingerprint density at radius 2 is 2.35 bits per heavy atom. The van der Waals surface area contributed by atoms with E-state index in [-0.39, 0.29) is 6.54 Å². The van der Waals surface area contributed by atoms with Crippen molar-refractivity contribution in [3.8, 4) is 0 Å². The van der Waals surface area contributed by atoms with Crippen molar-refractivity contribution in [1.29, 1.82) is 0 Å². The van der Waals surface area contributed by atoms with Gasteiger partial charge in [0, 0.05) is 24.9 Å². The van der Waals surface area contributed by atoms with Gasteiger partial charge in [-0.3, -0.25) is 4.79 Å². The average molecular weight is 301 g/mol. The van der Waals surface area contributed by atoms with E-state index in [0.29, 0.717) is 19.3 Å². The first kappa shape index (κ1) is 15.0. The minimum Gasteiger partial charge on any atom is -0.469 e. The Kier molecular flexibility index (Phi) is 4.77. The summed E-state index contributed by atoms with van der Waals surface area (Å²) in [6, 6.07) is 0. The van der Waals surface area contributed by atoms with Gasteiger partial charge in [0.1, 0.15) is 0 Å². The van der Waals surface area contributed by atoms with Crippen molar-refractivity contribution in [2.75, 3.05) is 13.7 Å². The maximum absolute atomic E-state index is 12.2. The highest BCUT2D eigenvalue weighted by Crippen LogP contribution is 2.31. The van der Waals surface area contributed by atoms with Gasteiger partial charge in [0.15, 0.2) is 0 Å². The van der Waals surface area contributed by atoms with Crippen LogP contribution in [0.25, 0.3) is 0 Å². The fraction of sp³-hybridized carbons (Fsp3) is 0.667. The number of H-pyrrole nitrogens is 1. The third-order valence-electron chi connectivity index (χ3n) is 3.61. The van der Waals surface area contributed by atoms with Gasteiger partial charge in [0.05, 0.1) is 24.6 Å². The van der Waals surface area contributed by atoms with Crippen molar-refractivity contribution < 1.29 is 17.9 Å². The third kappa shape index (κ3) is 3.37. The van der Waals surface area contributed by atoms with Gasteiger partial charge in [0.2, 0.25) is 10.0 Å². The standard InChI is InChI=1S/C12H19N3O4S/c1-19-12(16)10-3-2-4-11(10)20(17,18)15-6-5-9-7-13-8-14-9/h7-8,10-11,15H,2-6H2,1H3,(H,13,14). The smallest absolute Gasteiger partial charge is 0.310 e. The molecule has 0 radical (unpaired) electrons. The van der Waals surface area contributed by atoms with E-state index in [2.05, 4.69) is 19.4 Å². The Hall–Kier alpha value is -1.41. The molecule has 0 spiro atoms. The zero-order chi connectivity index (χ0) is 14.6. The number of aromatic amines is 1. The molecule has 1 aromatic heterocycles. The molecule has 1 heterocycles. The number of carbonyl (C=O) groups is 1. The predicted octanol–water partition coefficient (Wildman–Crippen LogP) is 0.213. The van der Waals surface area contributed by atoms with Gasteiger partial charge in [0.25, 0.3) is 0 Å². The summed E-state index contributed by atoms with van der Waals surface area (Å²) in [5, 5.41) is -0.684. The molecule has 1 aromatic rings. The van der Waals surface area contributed by atoms with Crippen LogP contribution in [-0.2, 0) is 26.0 Å². The summed E-state index contributed by atoms with van der Waals surface area (Å²) in [5.74, 6) is -0.990. The van der Waals surface area contributed by atoms with Crippen molar-refractivity contribution >= 4 is 16.0 Å². The molecule has 1 aliphatic carbocycles. The first-order valence-electron chi connectivity index (χ1n) is 6.58. The second-order valence-electron chi connectivity index (χ2n) is 4.87. The van der Waals surface area contributed by atoms with Gasteiger partial charge in [-0.1, -0.05) is 6.42 Å². The van der Waals surface area contributed by atoms with Crippen LogP contribution in [-0.4, -0.2) is 43.3 Å². The zero-order valence-electron chi connectivity index (χ0n) is 11.3.